The largest absolute Gasteiger partial charge is 0.354 e. The zero-order valence-corrected chi connectivity index (χ0v) is 79.3. The van der Waals surface area contributed by atoms with Crippen molar-refractivity contribution in [2.45, 2.75) is 0 Å². The summed E-state index contributed by atoms with van der Waals surface area (Å²) in [5, 5.41) is 2.97. The summed E-state index contributed by atoms with van der Waals surface area (Å²) in [6, 6.07) is 54.6. The maximum absolute atomic E-state index is 15.6. The molecule has 9 aromatic carbocycles. The van der Waals surface area contributed by atoms with Gasteiger partial charge in [0.25, 0.3) is 0 Å². The van der Waals surface area contributed by atoms with Gasteiger partial charge in [0.15, 0.2) is 69.8 Å². The van der Waals surface area contributed by atoms with E-state index in [9.17, 15) is 39.5 Å². The lowest BCUT2D eigenvalue weighted by Gasteiger charge is -2.11. The van der Waals surface area contributed by atoms with Crippen LogP contribution >= 0.6 is 69.6 Å². The smallest absolute Gasteiger partial charge is 0.200 e. The summed E-state index contributed by atoms with van der Waals surface area (Å²) in [6.07, 6.45) is 8.52. The lowest BCUT2D eigenvalue weighted by atomic mass is 10.0. The number of halogens is 27. The predicted octanol–water partition coefficient (Wildman–Crippen LogP) is 35.9. The molecule has 3 aliphatic rings. The fourth-order valence-electron chi connectivity index (χ4n) is 18.7. The highest BCUT2D eigenvalue weighted by Crippen LogP contribution is 2.50. The van der Waals surface area contributed by atoms with Crippen molar-refractivity contribution < 1.29 is 92.2 Å². The van der Waals surface area contributed by atoms with Gasteiger partial charge in [-0.2, -0.15) is 0 Å². The third-order valence-corrected chi connectivity index (χ3v) is 27.3. The molecule has 0 radical (unpaired) electrons. The van der Waals surface area contributed by atoms with Gasteiger partial charge in [-0.05, 0) is 218 Å². The Morgan fingerprint density at radius 3 is 0.460 bits per heavy atom. The molecule has 15 heterocycles. The summed E-state index contributed by atoms with van der Waals surface area (Å²) >= 11 is 41.0. The fourth-order valence-corrected chi connectivity index (χ4v) is 20.5. The Morgan fingerprint density at radius 1 is 0.127 bits per heavy atom. The molecule has 24 rings (SSSR count). The molecule has 0 saturated heterocycles. The minimum atomic E-state index is -2.60. The van der Waals surface area contributed by atoms with E-state index < -0.39 is 195 Å². The van der Waals surface area contributed by atoms with Gasteiger partial charge in [-0.25, -0.2) is 107 Å². The Labute approximate surface area is 856 Å². The van der Waals surface area contributed by atoms with Gasteiger partial charge < -0.3 is 44.9 Å². The zero-order valence-electron chi connectivity index (χ0n) is 74.8. The zero-order chi connectivity index (χ0) is 105. The van der Waals surface area contributed by atoms with Crippen LogP contribution in [0.25, 0.3) is 236 Å². The van der Waals surface area contributed by atoms with Crippen molar-refractivity contribution >= 4 is 205 Å². The fraction of sp³-hybridized carbons (Fsp3) is 0. The summed E-state index contributed by atoms with van der Waals surface area (Å²) in [5.74, 6) is -41.6. The number of H-pyrrole nitrogens is 9. The third-order valence-electron chi connectivity index (χ3n) is 25.4. The Hall–Kier alpha value is -16.6. The topological polar surface area (TPSA) is 181 Å². The van der Waals surface area contributed by atoms with Gasteiger partial charge in [0.1, 0.15) is 34.9 Å². The van der Waals surface area contributed by atoms with Crippen LogP contribution < -0.4 is 0 Å². The van der Waals surface area contributed by atoms with Crippen molar-refractivity contribution in [2.24, 2.45) is 0 Å². The van der Waals surface area contributed by atoms with E-state index in [1.807, 2.05) is 103 Å². The summed E-state index contributed by atoms with van der Waals surface area (Å²) in [6.45, 7) is 0. The van der Waals surface area contributed by atoms with Gasteiger partial charge in [-0.3, -0.25) is 0 Å². The molecule has 39 heteroatoms. The van der Waals surface area contributed by atoms with Crippen LogP contribution in [0.5, 0.6) is 0 Å². The second kappa shape index (κ2) is 38.3. The molecule has 9 N–H and O–H groups in total. The first-order chi connectivity index (χ1) is 72.1. The molecule has 0 aliphatic carbocycles. The molecular weight excluding hydrogens is 2110 g/mol. The van der Waals surface area contributed by atoms with E-state index in [1.54, 1.807) is 30.3 Å². The van der Waals surface area contributed by atoms with Crippen molar-refractivity contribution in [3.63, 3.8) is 0 Å². The van der Waals surface area contributed by atoms with Crippen LogP contribution in [0, 0.1) is 122 Å². The van der Waals surface area contributed by atoms with Crippen LogP contribution in [-0.4, -0.2) is 59.8 Å². The molecule has 24 bridgehead atoms. The molecule has 0 spiro atoms. The van der Waals surface area contributed by atoms with Crippen molar-refractivity contribution in [1.82, 2.24) is 59.8 Å². The molecule has 12 aromatic heterocycles. The van der Waals surface area contributed by atoms with Crippen LogP contribution in [0.4, 0.5) is 92.2 Å². The Bertz CT molecular complexity index is 9390. The number of nitrogens with one attached hydrogen (secondary N) is 9. The molecule has 3 aliphatic heterocycles. The van der Waals surface area contributed by atoms with Gasteiger partial charge in [0, 0.05) is 133 Å². The molecule has 21 aromatic rings. The number of aromatic nitrogens is 12. The number of aromatic amines is 9. The number of hydrogen-bond acceptors (Lipinski definition) is 3. The minimum Gasteiger partial charge on any atom is -0.354 e. The maximum Gasteiger partial charge on any atom is 0.200 e. The molecule has 0 unspecified atom stereocenters. The maximum atomic E-state index is 15.6. The van der Waals surface area contributed by atoms with Gasteiger partial charge in [0.2, 0.25) is 17.5 Å². The molecule has 744 valence electrons. The van der Waals surface area contributed by atoms with E-state index >= 15 is 52.7 Å². The van der Waals surface area contributed by atoms with Crippen LogP contribution in [0.2, 0.25) is 30.1 Å². The monoisotopic (exact) mass is 2160 g/mol. The van der Waals surface area contributed by atoms with E-state index in [4.69, 9.17) is 74.6 Å². The predicted molar refractivity (Wildman–Crippen MR) is 544 cm³/mol. The molecule has 0 fully saturated rings. The van der Waals surface area contributed by atoms with Crippen LogP contribution in [-0.2, 0) is 0 Å². The van der Waals surface area contributed by atoms with Gasteiger partial charge in [0.05, 0.1) is 131 Å². The number of rotatable bonds is 9. The first-order valence-corrected chi connectivity index (χ1v) is 46.6. The Kier molecular flexibility index (Phi) is 25.1. The van der Waals surface area contributed by atoms with Gasteiger partial charge >= 0.3 is 0 Å². The van der Waals surface area contributed by atoms with E-state index in [1.165, 1.54) is 48.6 Å². The average Bonchev–Trinajstić information content (AvgIpc) is 1.54. The summed E-state index contributed by atoms with van der Waals surface area (Å²) < 4.78 is 316. The highest BCUT2D eigenvalue weighted by molar-refractivity contribution is 6.42. The first-order valence-electron chi connectivity index (χ1n) is 44.3. The summed E-state index contributed by atoms with van der Waals surface area (Å²) in [5.41, 5.74) is 0.211. The highest BCUT2D eigenvalue weighted by Gasteiger charge is 2.36. The Balaban J connectivity index is 0.000000128. The lowest BCUT2D eigenvalue weighted by molar-refractivity contribution is 0.381. The minimum absolute atomic E-state index is 0.0194. The molecule has 150 heavy (non-hydrogen) atoms. The number of nitrogens with zero attached hydrogens (tertiary/aromatic N) is 3. The SMILES string of the molecule is Clc1cccc(Cl)c1-c1c2nc(c(-c3c(Cl)cccc3Cl)c3ccc([nH]3)c3ccc([nH]3)c(-c3c(Cl)cccc3Cl)c3ccc1[nH]3)C=C2.Fc1c(F)c(F)c(-c2c3nc(c(-c4c(F)c(F)c(F)c(F)c4F)c4ccc([nH]4)c4ccc([nH]4)c(-c4c(F)c(F)c(F)c(F)c4F)c4ccc2[nH]4)C=C3)c(F)c1F.Fc1cccc(F)c1-c1c2nc(c(-c3c(F)cccc3F)c3ccc([nH]3)c3ccc([nH]3)c(-c3c(F)cccc3F)c3ccc1[nH]3)C=C2. The standard InChI is InChI=1S/C37H20Cl6N4.C37H11F15N4.C37H20F6N4/c38-18-4-1-5-19(39)32(18)35-26-12-10-24(44-26)25-11-13-27(45-25)36(33-20(40)6-2-7-21(33)41)29-15-17-31(47-29)37(30-16-14-28(35)46-30)34-22(42)8-3-9-23(34)43;38-23-20(24(39)30(45)35(50)29(23)44)17-11-3-1-9(53-11)10-2-4-12(54-10)18(21-25(40)31(46)36(51)32(47)26(21)41)14-6-8-16(56-14)19(15-7-5-13(17)55-15)22-27(42)33(48)37(52)34(49)28(22)43;38-18-4-1-5-19(39)32(18)35-26-12-10-24(44-26)25-11-13-27(45-25)36(33-20(40)6-2-7-21(33)41)29-15-17-31(47-29)37(30-16-14-28(35)46-30)34-22(42)8-3-9-23(34)43/h1-17,44-46H;1-8,53-55H;1-17,44-46H. The van der Waals surface area contributed by atoms with E-state index in [-0.39, 0.29) is 61.3 Å². The number of fused-ring (bicyclic) bond motifs is 27. The quantitative estimate of drug-likeness (QED) is 0.0397. The number of hydrogen-bond donors (Lipinski definition) is 9. The normalized spacial score (nSPS) is 12.0. The van der Waals surface area contributed by atoms with Crippen molar-refractivity contribution in [1.29, 1.82) is 0 Å². The molecule has 0 saturated carbocycles. The molecule has 12 nitrogen and oxygen atoms in total. The van der Waals surface area contributed by atoms with Crippen LogP contribution in [0.3, 0.4) is 0 Å². The molecule has 0 amide bonds. The lowest BCUT2D eigenvalue weighted by Crippen LogP contribution is -2.05. The molecule has 0 atom stereocenters. The Morgan fingerprint density at radius 2 is 0.253 bits per heavy atom. The second-order valence-electron chi connectivity index (χ2n) is 34.0. The third kappa shape index (κ3) is 16.6. The van der Waals surface area contributed by atoms with E-state index in [0.29, 0.717) is 85.8 Å². The molecular formula is C111H51Cl6F21N12. The van der Waals surface area contributed by atoms with Crippen molar-refractivity contribution in [3.8, 4) is 100 Å². The van der Waals surface area contributed by atoms with Crippen LogP contribution in [0.15, 0.2) is 218 Å². The van der Waals surface area contributed by atoms with Crippen molar-refractivity contribution in [3.05, 3.63) is 405 Å². The number of benzene rings is 9. The van der Waals surface area contributed by atoms with Gasteiger partial charge in [-0.15, -0.1) is 0 Å². The first kappa shape index (κ1) is 98.1. The highest BCUT2D eigenvalue weighted by atomic mass is 35.5. The summed E-state index contributed by atoms with van der Waals surface area (Å²) in [7, 11) is 0. The van der Waals surface area contributed by atoms with Crippen molar-refractivity contribution in [2.75, 3.05) is 0 Å². The second-order valence-corrected chi connectivity index (χ2v) is 36.5. The van der Waals surface area contributed by atoms with Gasteiger partial charge in [-0.1, -0.05) is 106 Å². The van der Waals surface area contributed by atoms with Crippen LogP contribution in [0.1, 0.15) is 34.2 Å². The average molecular weight is 2160 g/mol. The van der Waals surface area contributed by atoms with E-state index in [2.05, 4.69) is 54.8 Å². The van der Waals surface area contributed by atoms with E-state index in [0.717, 1.165) is 117 Å². The summed E-state index contributed by atoms with van der Waals surface area (Å²) in [4.78, 5) is 41.9.